The molecule has 1 amide bonds. The maximum absolute atomic E-state index is 14.5. The van der Waals surface area contributed by atoms with E-state index < -0.39 is 16.1 Å². The number of aryl methyl sites for hydroxylation is 2. The summed E-state index contributed by atoms with van der Waals surface area (Å²) in [7, 11) is -4.17. The second-order valence-corrected chi connectivity index (χ2v) is 15.7. The van der Waals surface area contributed by atoms with E-state index in [1.165, 1.54) is 12.1 Å². The van der Waals surface area contributed by atoms with Gasteiger partial charge in [0.05, 0.1) is 41.3 Å². The molecule has 1 unspecified atom stereocenters. The first-order valence-electron chi connectivity index (χ1n) is 16.4. The van der Waals surface area contributed by atoms with Crippen molar-refractivity contribution in [1.29, 1.82) is 0 Å². The van der Waals surface area contributed by atoms with Crippen LogP contribution in [0.15, 0.2) is 65.8 Å². The number of nitrogens with one attached hydrogen (secondary N) is 1. The number of ether oxygens (including phenoxy) is 1. The monoisotopic (exact) mass is 669 g/mol. The first-order chi connectivity index (χ1) is 22.8. The average Bonchev–Trinajstić information content (AvgIpc) is 3.46. The second kappa shape index (κ2) is 13.1. The van der Waals surface area contributed by atoms with Crippen LogP contribution in [0.2, 0.25) is 0 Å². The van der Waals surface area contributed by atoms with Crippen LogP contribution in [0.1, 0.15) is 74.1 Å². The van der Waals surface area contributed by atoms with Gasteiger partial charge >= 0.3 is 0 Å². The summed E-state index contributed by atoms with van der Waals surface area (Å²) in [6, 6.07) is 13.6. The predicted octanol–water partition coefficient (Wildman–Crippen LogP) is 6.18. The van der Waals surface area contributed by atoms with E-state index in [9.17, 15) is 13.2 Å². The fraction of sp³-hybridized carbons (Fsp3) is 0.417. The van der Waals surface area contributed by atoms with Gasteiger partial charge in [0.1, 0.15) is 12.4 Å². The van der Waals surface area contributed by atoms with Gasteiger partial charge in [-0.1, -0.05) is 45.0 Å². The molecule has 2 atom stereocenters. The highest BCUT2D eigenvalue weighted by Gasteiger charge is 2.32. The minimum atomic E-state index is -4.17. The molecule has 48 heavy (non-hydrogen) atoms. The van der Waals surface area contributed by atoms with Gasteiger partial charge in [-0.2, -0.15) is 4.98 Å². The standard InChI is InChI=1S/C36H43N7O4S/c1-23-10-7-11-24(2)33(23)30-17-32-40-35(39-30)41-48(45,46)29-14-8-13-26(16-29)34(44)43(28(22-47-32)18-36(4,5)6)21-27-19-37-20-31(38-27)42-15-9-12-25(42)3/h7-8,10-11,13-14,16-17,19-20,25,28H,9,12,15,18,21-22H2,1-6H3,(H,39,40,41)/t25?,28-/m1/s1. The summed E-state index contributed by atoms with van der Waals surface area (Å²) in [5.74, 6) is 0.530. The quantitative estimate of drug-likeness (QED) is 0.265. The van der Waals surface area contributed by atoms with Crippen LogP contribution in [0.25, 0.3) is 11.3 Å². The Hall–Kier alpha value is -4.58. The maximum Gasteiger partial charge on any atom is 0.264 e. The molecule has 2 aromatic carbocycles. The fourth-order valence-corrected chi connectivity index (χ4v) is 7.59. The molecule has 0 saturated carbocycles. The zero-order valence-electron chi connectivity index (χ0n) is 28.4. The van der Waals surface area contributed by atoms with E-state index in [1.807, 2.05) is 32.0 Å². The SMILES string of the molecule is Cc1cccc(C)c1-c1cc2nc(n1)NS(=O)(=O)c1cccc(c1)C(=O)N(Cc1cncc(N3CCCC3C)n1)[C@H](CC(C)(C)C)CO2. The highest BCUT2D eigenvalue weighted by molar-refractivity contribution is 7.92. The normalized spacial score (nSPS) is 19.5. The van der Waals surface area contributed by atoms with E-state index in [2.05, 4.69) is 52.3 Å². The number of carbonyl (C=O) groups is 1. The lowest BCUT2D eigenvalue weighted by molar-refractivity contribution is 0.0509. The summed E-state index contributed by atoms with van der Waals surface area (Å²) in [6.45, 7) is 13.7. The number of fused-ring (bicyclic) bond motifs is 4. The highest BCUT2D eigenvalue weighted by atomic mass is 32.2. The molecule has 12 heteroatoms. The fourth-order valence-electron chi connectivity index (χ4n) is 6.60. The molecule has 252 valence electrons. The summed E-state index contributed by atoms with van der Waals surface area (Å²) < 4.78 is 36.3. The highest BCUT2D eigenvalue weighted by Crippen LogP contribution is 2.32. The Bertz CT molecular complexity index is 1920. The molecule has 4 bridgehead atoms. The third-order valence-corrected chi connectivity index (χ3v) is 10.2. The van der Waals surface area contributed by atoms with Gasteiger partial charge in [0.2, 0.25) is 11.8 Å². The topological polar surface area (TPSA) is 131 Å². The number of benzene rings is 2. The van der Waals surface area contributed by atoms with Crippen LogP contribution >= 0.6 is 0 Å². The minimum Gasteiger partial charge on any atom is -0.475 e. The van der Waals surface area contributed by atoms with Crippen LogP contribution in [-0.4, -0.2) is 64.4 Å². The van der Waals surface area contributed by atoms with Crippen molar-refractivity contribution in [2.75, 3.05) is 22.8 Å². The van der Waals surface area contributed by atoms with Crippen molar-refractivity contribution in [2.45, 2.75) is 84.3 Å². The van der Waals surface area contributed by atoms with Gasteiger partial charge in [-0.05, 0) is 74.8 Å². The number of anilines is 2. The van der Waals surface area contributed by atoms with E-state index >= 15 is 0 Å². The van der Waals surface area contributed by atoms with Crippen molar-refractivity contribution in [3.8, 4) is 17.1 Å². The summed E-state index contributed by atoms with van der Waals surface area (Å²) in [5.41, 5.74) is 4.03. The molecule has 2 aliphatic rings. The van der Waals surface area contributed by atoms with Crippen molar-refractivity contribution in [3.63, 3.8) is 0 Å². The van der Waals surface area contributed by atoms with E-state index in [0.29, 0.717) is 23.9 Å². The van der Waals surface area contributed by atoms with Crippen LogP contribution in [0.3, 0.4) is 0 Å². The van der Waals surface area contributed by atoms with Crippen molar-refractivity contribution >= 4 is 27.7 Å². The average molecular weight is 670 g/mol. The molecule has 4 heterocycles. The summed E-state index contributed by atoms with van der Waals surface area (Å²) in [4.78, 5) is 36.9. The van der Waals surface area contributed by atoms with Gasteiger partial charge in [0.25, 0.3) is 15.9 Å². The summed E-state index contributed by atoms with van der Waals surface area (Å²) >= 11 is 0. The lowest BCUT2D eigenvalue weighted by atomic mass is 9.87. The van der Waals surface area contributed by atoms with Crippen molar-refractivity contribution in [1.82, 2.24) is 24.8 Å². The zero-order valence-corrected chi connectivity index (χ0v) is 29.2. The second-order valence-electron chi connectivity index (χ2n) is 14.0. The summed E-state index contributed by atoms with van der Waals surface area (Å²) in [6.07, 6.45) is 6.22. The number of sulfonamides is 1. The summed E-state index contributed by atoms with van der Waals surface area (Å²) in [5, 5.41) is 0. The van der Waals surface area contributed by atoms with Gasteiger partial charge < -0.3 is 14.5 Å². The molecule has 1 fully saturated rings. The number of rotatable bonds is 5. The first-order valence-corrected chi connectivity index (χ1v) is 17.9. The Morgan fingerprint density at radius 3 is 2.46 bits per heavy atom. The van der Waals surface area contributed by atoms with Crippen LogP contribution in [0, 0.1) is 19.3 Å². The van der Waals surface area contributed by atoms with Crippen molar-refractivity contribution in [3.05, 3.63) is 83.3 Å². The predicted molar refractivity (Wildman–Crippen MR) is 185 cm³/mol. The Morgan fingerprint density at radius 2 is 1.75 bits per heavy atom. The van der Waals surface area contributed by atoms with Crippen molar-refractivity contribution in [2.24, 2.45) is 5.41 Å². The van der Waals surface area contributed by atoms with Crippen LogP contribution in [0.4, 0.5) is 11.8 Å². The van der Waals surface area contributed by atoms with Crippen LogP contribution in [-0.2, 0) is 16.6 Å². The Balaban J connectivity index is 1.47. The lowest BCUT2D eigenvalue weighted by Gasteiger charge is -2.35. The molecule has 1 N–H and O–H groups in total. The number of aromatic nitrogens is 4. The van der Waals surface area contributed by atoms with Gasteiger partial charge in [-0.25, -0.2) is 23.1 Å². The zero-order chi connectivity index (χ0) is 34.2. The molecule has 0 spiro atoms. The molecular formula is C36H43N7O4S. The lowest BCUT2D eigenvalue weighted by Crippen LogP contribution is -2.45. The van der Waals surface area contributed by atoms with E-state index in [-0.39, 0.29) is 46.8 Å². The molecule has 2 aromatic heterocycles. The van der Waals surface area contributed by atoms with E-state index in [4.69, 9.17) is 9.72 Å². The van der Waals surface area contributed by atoms with Gasteiger partial charge in [0, 0.05) is 29.8 Å². The van der Waals surface area contributed by atoms with E-state index in [0.717, 1.165) is 41.9 Å². The largest absolute Gasteiger partial charge is 0.475 e. The number of carbonyl (C=O) groups excluding carboxylic acids is 1. The number of amides is 1. The number of nitrogens with zero attached hydrogens (tertiary/aromatic N) is 6. The smallest absolute Gasteiger partial charge is 0.264 e. The van der Waals surface area contributed by atoms with Gasteiger partial charge in [0.15, 0.2) is 0 Å². The molecule has 2 aliphatic heterocycles. The minimum absolute atomic E-state index is 0.0757. The Kier molecular flexibility index (Phi) is 9.12. The van der Waals surface area contributed by atoms with Gasteiger partial charge in [-0.15, -0.1) is 0 Å². The first kappa shape index (κ1) is 33.3. The maximum atomic E-state index is 14.5. The van der Waals surface area contributed by atoms with E-state index in [1.54, 1.807) is 35.5 Å². The molecule has 1 saturated heterocycles. The third-order valence-electron chi connectivity index (χ3n) is 8.88. The molecular weight excluding hydrogens is 627 g/mol. The van der Waals surface area contributed by atoms with Crippen LogP contribution in [0.5, 0.6) is 5.88 Å². The number of hydrogen-bond donors (Lipinski definition) is 1. The Labute approximate surface area is 282 Å². The van der Waals surface area contributed by atoms with Crippen molar-refractivity contribution < 1.29 is 17.9 Å². The van der Waals surface area contributed by atoms with Gasteiger partial charge in [-0.3, -0.25) is 9.78 Å². The molecule has 0 aliphatic carbocycles. The number of hydrogen-bond acceptors (Lipinski definition) is 9. The molecule has 4 aromatic rings. The third kappa shape index (κ3) is 7.28. The molecule has 0 radical (unpaired) electrons. The Morgan fingerprint density at radius 1 is 1.00 bits per heavy atom. The van der Waals surface area contributed by atoms with Crippen LogP contribution < -0.4 is 14.4 Å². The molecule has 6 rings (SSSR count). The molecule has 11 nitrogen and oxygen atoms in total.